The van der Waals surface area contributed by atoms with E-state index in [1.54, 1.807) is 48.0 Å². The SMILES string of the molecule is CNc1cc(OC)ccc1-c1cc(OC)nc(C(C/C=C/[C@H](C)C=O)NC(=O)OC(C)(C)C)c1.NC=O. The Morgan fingerprint density at radius 1 is 1.14 bits per heavy atom. The number of carbonyl (C=O) groups excluding carboxylic acids is 3. The van der Waals surface area contributed by atoms with Crippen molar-refractivity contribution in [2.24, 2.45) is 11.7 Å². The van der Waals surface area contributed by atoms with Crippen LogP contribution in [0.2, 0.25) is 0 Å². The largest absolute Gasteiger partial charge is 0.497 e. The molecule has 0 radical (unpaired) electrons. The van der Waals surface area contributed by atoms with E-state index in [0.717, 1.165) is 28.8 Å². The highest BCUT2D eigenvalue weighted by molar-refractivity contribution is 5.79. The van der Waals surface area contributed by atoms with Crippen LogP contribution in [0.5, 0.6) is 11.6 Å². The second-order valence-electron chi connectivity index (χ2n) is 8.98. The molecule has 0 aliphatic rings. The standard InChI is InChI=1S/C26H35N3O5.CH3NO/c1-17(16-30)9-8-10-21(29-25(31)34-26(2,3)4)23-13-18(14-24(28-23)33-7)20-12-11-19(32-6)15-22(20)27-5;2-1-3/h8-9,11-17,21,27H,10H2,1-7H3,(H,29,31);1H,(H2,2,3)/b9-8+;/t17-,21?;/m0./s1. The fraction of sp³-hybridized carbons (Fsp3) is 0.407. The van der Waals surface area contributed by atoms with E-state index in [2.05, 4.69) is 21.4 Å². The molecule has 0 spiro atoms. The fourth-order valence-corrected chi connectivity index (χ4v) is 3.25. The number of benzene rings is 1. The highest BCUT2D eigenvalue weighted by Gasteiger charge is 2.22. The number of anilines is 1. The maximum atomic E-state index is 12.6. The summed E-state index contributed by atoms with van der Waals surface area (Å²) in [5.41, 5.74) is 6.77. The number of nitrogens with zero attached hydrogens (tertiary/aromatic N) is 1. The van der Waals surface area contributed by atoms with Crippen molar-refractivity contribution in [1.82, 2.24) is 10.3 Å². The molecule has 2 aromatic rings. The van der Waals surface area contributed by atoms with E-state index in [1.165, 1.54) is 0 Å². The van der Waals surface area contributed by atoms with Crippen LogP contribution in [0.25, 0.3) is 11.1 Å². The number of nitrogens with two attached hydrogens (primary N) is 1. The third kappa shape index (κ3) is 10.6. The summed E-state index contributed by atoms with van der Waals surface area (Å²) in [7, 11) is 5.00. The lowest BCUT2D eigenvalue weighted by atomic mass is 10.00. The molecule has 37 heavy (non-hydrogen) atoms. The minimum absolute atomic E-state index is 0.228. The normalized spacial score (nSPS) is 12.4. The molecule has 10 nitrogen and oxygen atoms in total. The Kier molecular flexibility index (Phi) is 12.7. The zero-order valence-corrected chi connectivity index (χ0v) is 22.5. The van der Waals surface area contributed by atoms with Gasteiger partial charge in [-0.3, -0.25) is 4.79 Å². The molecule has 1 aromatic carbocycles. The second-order valence-corrected chi connectivity index (χ2v) is 8.98. The molecule has 0 fully saturated rings. The first kappa shape index (κ1) is 31.0. The smallest absolute Gasteiger partial charge is 0.408 e. The molecule has 202 valence electrons. The van der Waals surface area contributed by atoms with Gasteiger partial charge in [-0.15, -0.1) is 0 Å². The van der Waals surface area contributed by atoms with Gasteiger partial charge >= 0.3 is 6.09 Å². The van der Waals surface area contributed by atoms with Gasteiger partial charge in [0.2, 0.25) is 12.3 Å². The molecule has 4 N–H and O–H groups in total. The zero-order valence-electron chi connectivity index (χ0n) is 22.5. The number of carbonyl (C=O) groups is 3. The Bertz CT molecular complexity index is 1070. The lowest BCUT2D eigenvalue weighted by Gasteiger charge is -2.23. The van der Waals surface area contributed by atoms with Crippen LogP contribution in [0, 0.1) is 5.92 Å². The number of primary amides is 1. The van der Waals surface area contributed by atoms with E-state index < -0.39 is 17.7 Å². The predicted octanol–water partition coefficient (Wildman–Crippen LogP) is 4.26. The van der Waals surface area contributed by atoms with Crippen molar-refractivity contribution in [3.63, 3.8) is 0 Å². The zero-order chi connectivity index (χ0) is 28.0. The molecular weight excluding hydrogens is 476 g/mol. The second kappa shape index (κ2) is 15.1. The maximum Gasteiger partial charge on any atom is 0.408 e. The minimum atomic E-state index is -0.645. The summed E-state index contributed by atoms with van der Waals surface area (Å²) in [5.74, 6) is 0.910. The Morgan fingerprint density at radius 2 is 1.81 bits per heavy atom. The van der Waals surface area contributed by atoms with Gasteiger partial charge in [0.1, 0.15) is 17.6 Å². The van der Waals surface area contributed by atoms with E-state index >= 15 is 0 Å². The van der Waals surface area contributed by atoms with E-state index in [9.17, 15) is 9.59 Å². The van der Waals surface area contributed by atoms with Gasteiger partial charge in [0.05, 0.1) is 26.0 Å². The van der Waals surface area contributed by atoms with Gasteiger partial charge in [0.15, 0.2) is 0 Å². The molecule has 1 unspecified atom stereocenters. The van der Waals surface area contributed by atoms with E-state index in [-0.39, 0.29) is 12.3 Å². The first-order chi connectivity index (χ1) is 17.5. The molecule has 10 heteroatoms. The molecule has 1 heterocycles. The molecule has 0 aliphatic carbocycles. The third-order valence-corrected chi connectivity index (χ3v) is 4.91. The monoisotopic (exact) mass is 514 g/mol. The fourth-order valence-electron chi connectivity index (χ4n) is 3.25. The number of ether oxygens (including phenoxy) is 3. The van der Waals surface area contributed by atoms with Crippen molar-refractivity contribution in [3.05, 3.63) is 48.2 Å². The number of allylic oxidation sites excluding steroid dienone is 1. The number of amides is 2. The van der Waals surface area contributed by atoms with Gasteiger partial charge in [0, 0.05) is 36.3 Å². The van der Waals surface area contributed by atoms with Gasteiger partial charge < -0.3 is 35.4 Å². The van der Waals surface area contributed by atoms with Crippen LogP contribution < -0.4 is 25.8 Å². The van der Waals surface area contributed by atoms with Crippen LogP contribution in [-0.4, -0.2) is 50.6 Å². The first-order valence-corrected chi connectivity index (χ1v) is 11.7. The summed E-state index contributed by atoms with van der Waals surface area (Å²) in [5, 5.41) is 6.09. The first-order valence-electron chi connectivity index (χ1n) is 11.7. The van der Waals surface area contributed by atoms with E-state index in [4.69, 9.17) is 19.0 Å². The minimum Gasteiger partial charge on any atom is -0.497 e. The van der Waals surface area contributed by atoms with Crippen LogP contribution in [0.3, 0.4) is 0 Å². The van der Waals surface area contributed by atoms with Crippen molar-refractivity contribution in [2.45, 2.75) is 45.8 Å². The highest BCUT2D eigenvalue weighted by atomic mass is 16.6. The number of nitrogens with one attached hydrogen (secondary N) is 2. The van der Waals surface area contributed by atoms with Crippen LogP contribution in [-0.2, 0) is 14.3 Å². The highest BCUT2D eigenvalue weighted by Crippen LogP contribution is 2.34. The van der Waals surface area contributed by atoms with Crippen LogP contribution in [0.4, 0.5) is 10.5 Å². The summed E-state index contributed by atoms with van der Waals surface area (Å²) < 4.78 is 16.3. The van der Waals surface area contributed by atoms with E-state index in [0.29, 0.717) is 18.0 Å². The number of methoxy groups -OCH3 is 2. The van der Waals surface area contributed by atoms with Gasteiger partial charge in [-0.05, 0) is 51.0 Å². The Morgan fingerprint density at radius 3 is 2.35 bits per heavy atom. The van der Waals surface area contributed by atoms with Gasteiger partial charge in [-0.25, -0.2) is 9.78 Å². The van der Waals surface area contributed by atoms with Crippen LogP contribution >= 0.6 is 0 Å². The average Bonchev–Trinajstić information content (AvgIpc) is 2.86. The summed E-state index contributed by atoms with van der Waals surface area (Å²) in [6.07, 6.45) is 4.62. The van der Waals surface area contributed by atoms with Gasteiger partial charge in [-0.1, -0.05) is 19.1 Å². The van der Waals surface area contributed by atoms with Crippen molar-refractivity contribution in [2.75, 3.05) is 26.6 Å². The number of alkyl carbamates (subject to hydrolysis) is 1. The Hall–Kier alpha value is -4.08. The predicted molar refractivity (Wildman–Crippen MR) is 144 cm³/mol. The van der Waals surface area contributed by atoms with Crippen molar-refractivity contribution in [3.8, 4) is 22.8 Å². The number of hydrogen-bond acceptors (Lipinski definition) is 8. The lowest BCUT2D eigenvalue weighted by Crippen LogP contribution is -2.35. The molecule has 2 rings (SSSR count). The van der Waals surface area contributed by atoms with Crippen molar-refractivity contribution in [1.29, 1.82) is 0 Å². The summed E-state index contributed by atoms with van der Waals surface area (Å²) >= 11 is 0. The average molecular weight is 515 g/mol. The number of rotatable bonds is 10. The summed E-state index contributed by atoms with van der Waals surface area (Å²) in [4.78, 5) is 36.7. The van der Waals surface area contributed by atoms with Gasteiger partial charge in [-0.2, -0.15) is 0 Å². The Balaban J connectivity index is 0.00000217. The molecule has 0 saturated heterocycles. The molecule has 0 bridgehead atoms. The van der Waals surface area contributed by atoms with Crippen LogP contribution in [0.1, 0.15) is 45.9 Å². The quantitative estimate of drug-likeness (QED) is 0.315. The molecule has 2 amide bonds. The van der Waals surface area contributed by atoms with Crippen molar-refractivity contribution >= 4 is 24.5 Å². The maximum absolute atomic E-state index is 12.6. The molecular formula is C27H38N4O6. The topological polar surface area (TPSA) is 142 Å². The third-order valence-electron chi connectivity index (χ3n) is 4.91. The molecule has 1 aromatic heterocycles. The molecule has 0 aliphatic heterocycles. The molecule has 2 atom stereocenters. The van der Waals surface area contributed by atoms with Crippen molar-refractivity contribution < 1.29 is 28.6 Å². The number of pyridine rings is 1. The van der Waals surface area contributed by atoms with E-state index in [1.807, 2.05) is 43.5 Å². The van der Waals surface area contributed by atoms with Gasteiger partial charge in [0.25, 0.3) is 0 Å². The lowest BCUT2D eigenvalue weighted by molar-refractivity contribution is -0.109. The number of aromatic nitrogens is 1. The molecule has 0 saturated carbocycles. The number of hydrogen-bond donors (Lipinski definition) is 3. The van der Waals surface area contributed by atoms with Crippen LogP contribution in [0.15, 0.2) is 42.5 Å². The Labute approximate surface area is 218 Å². The number of aldehydes is 1. The summed E-state index contributed by atoms with van der Waals surface area (Å²) in [6, 6.07) is 8.97. The summed E-state index contributed by atoms with van der Waals surface area (Å²) in [6.45, 7) is 7.21.